The molecule has 1 aromatic carbocycles. The number of fused-ring (bicyclic) bond motifs is 5. The van der Waals surface area contributed by atoms with Crippen LogP contribution in [0.3, 0.4) is 0 Å². The van der Waals surface area contributed by atoms with Gasteiger partial charge in [0.2, 0.25) is 0 Å². The first-order valence-corrected chi connectivity index (χ1v) is 8.78. The third-order valence-corrected chi connectivity index (χ3v) is 6.15. The summed E-state index contributed by atoms with van der Waals surface area (Å²) >= 11 is 3.79. The number of rotatable bonds is 1. The van der Waals surface area contributed by atoms with Crippen LogP contribution in [-0.4, -0.2) is 22.8 Å². The van der Waals surface area contributed by atoms with Gasteiger partial charge in [0.15, 0.2) is 0 Å². The lowest BCUT2D eigenvalue weighted by molar-refractivity contribution is 1.01. The maximum atomic E-state index is 4.76. The summed E-state index contributed by atoms with van der Waals surface area (Å²) in [5, 5.41) is 4.59. The SMILES string of the molecule is CNc1nc(C)nc2c1CCSc1c-2sc2ccccc12. The number of aromatic nitrogens is 2. The van der Waals surface area contributed by atoms with Crippen LogP contribution in [0.4, 0.5) is 5.82 Å². The van der Waals surface area contributed by atoms with Gasteiger partial charge in [-0.15, -0.1) is 23.1 Å². The van der Waals surface area contributed by atoms with Gasteiger partial charge in [0.25, 0.3) is 0 Å². The van der Waals surface area contributed by atoms with E-state index >= 15 is 0 Å². The van der Waals surface area contributed by atoms with E-state index in [1.807, 2.05) is 37.1 Å². The Bertz CT molecular complexity index is 839. The van der Waals surface area contributed by atoms with Crippen LogP contribution in [0.25, 0.3) is 20.7 Å². The van der Waals surface area contributed by atoms with Gasteiger partial charge in [0.05, 0.1) is 10.6 Å². The van der Waals surface area contributed by atoms with E-state index in [0.717, 1.165) is 29.5 Å². The lowest BCUT2D eigenvalue weighted by Crippen LogP contribution is -2.05. The topological polar surface area (TPSA) is 37.8 Å². The third kappa shape index (κ3) is 2.03. The maximum absolute atomic E-state index is 4.76. The van der Waals surface area contributed by atoms with Crippen LogP contribution in [0.15, 0.2) is 29.2 Å². The Hall–Kier alpha value is -1.59. The molecule has 106 valence electrons. The summed E-state index contributed by atoms with van der Waals surface area (Å²) in [7, 11) is 1.94. The molecule has 0 aliphatic carbocycles. The van der Waals surface area contributed by atoms with Crippen LogP contribution in [0, 0.1) is 6.92 Å². The first kappa shape index (κ1) is 13.1. The number of nitrogens with zero attached hydrogens (tertiary/aromatic N) is 2. The Morgan fingerprint density at radius 3 is 2.90 bits per heavy atom. The summed E-state index contributed by atoms with van der Waals surface area (Å²) in [5.41, 5.74) is 2.37. The van der Waals surface area contributed by atoms with Gasteiger partial charge in [0, 0.05) is 33.3 Å². The number of thioether (sulfide) groups is 1. The highest BCUT2D eigenvalue weighted by Crippen LogP contribution is 2.47. The van der Waals surface area contributed by atoms with Crippen molar-refractivity contribution in [3.05, 3.63) is 35.7 Å². The molecule has 0 saturated carbocycles. The van der Waals surface area contributed by atoms with Crippen molar-refractivity contribution in [3.8, 4) is 10.6 Å². The number of benzene rings is 1. The van der Waals surface area contributed by atoms with Gasteiger partial charge in [-0.05, 0) is 19.4 Å². The second-order valence-corrected chi connectivity index (χ2v) is 7.21. The molecule has 0 fully saturated rings. The molecule has 4 rings (SSSR count). The molecule has 3 nitrogen and oxygen atoms in total. The van der Waals surface area contributed by atoms with E-state index in [0.29, 0.717) is 0 Å². The minimum absolute atomic E-state index is 0.827. The molecule has 2 aromatic heterocycles. The maximum Gasteiger partial charge on any atom is 0.133 e. The number of hydrogen-bond acceptors (Lipinski definition) is 5. The average Bonchev–Trinajstić information content (AvgIpc) is 2.77. The van der Waals surface area contributed by atoms with E-state index in [1.54, 1.807) is 0 Å². The van der Waals surface area contributed by atoms with E-state index < -0.39 is 0 Å². The van der Waals surface area contributed by atoms with E-state index in [2.05, 4.69) is 34.6 Å². The van der Waals surface area contributed by atoms with Gasteiger partial charge in [-0.25, -0.2) is 9.97 Å². The fraction of sp³-hybridized carbons (Fsp3) is 0.250. The Kier molecular flexibility index (Phi) is 3.12. The minimum Gasteiger partial charge on any atom is -0.373 e. The van der Waals surface area contributed by atoms with E-state index in [-0.39, 0.29) is 0 Å². The molecule has 1 N–H and O–H groups in total. The number of nitrogens with one attached hydrogen (secondary N) is 1. The lowest BCUT2D eigenvalue weighted by Gasteiger charge is -2.11. The smallest absolute Gasteiger partial charge is 0.133 e. The number of aryl methyl sites for hydroxylation is 1. The number of hydrogen-bond donors (Lipinski definition) is 1. The fourth-order valence-electron chi connectivity index (χ4n) is 2.80. The third-order valence-electron chi connectivity index (χ3n) is 3.72. The molecule has 3 aromatic rings. The highest BCUT2D eigenvalue weighted by atomic mass is 32.2. The molecular formula is C16H15N3S2. The van der Waals surface area contributed by atoms with Crippen molar-refractivity contribution in [1.82, 2.24) is 9.97 Å². The van der Waals surface area contributed by atoms with Gasteiger partial charge in [-0.1, -0.05) is 18.2 Å². The Morgan fingerprint density at radius 2 is 2.05 bits per heavy atom. The van der Waals surface area contributed by atoms with Crippen LogP contribution in [0.5, 0.6) is 0 Å². The average molecular weight is 313 g/mol. The Balaban J connectivity index is 2.07. The monoisotopic (exact) mass is 313 g/mol. The summed E-state index contributed by atoms with van der Waals surface area (Å²) in [5.74, 6) is 2.87. The van der Waals surface area contributed by atoms with Crippen molar-refractivity contribution >= 4 is 39.0 Å². The van der Waals surface area contributed by atoms with Crippen molar-refractivity contribution in [3.63, 3.8) is 0 Å². The lowest BCUT2D eigenvalue weighted by atomic mass is 10.1. The molecule has 0 spiro atoms. The molecule has 3 heterocycles. The van der Waals surface area contributed by atoms with Crippen LogP contribution in [-0.2, 0) is 6.42 Å². The molecule has 0 unspecified atom stereocenters. The largest absolute Gasteiger partial charge is 0.373 e. The van der Waals surface area contributed by atoms with Crippen LogP contribution < -0.4 is 5.32 Å². The number of anilines is 1. The number of thiophene rings is 1. The van der Waals surface area contributed by atoms with E-state index in [1.165, 1.54) is 25.4 Å². The highest BCUT2D eigenvalue weighted by Gasteiger charge is 2.23. The summed E-state index contributed by atoms with van der Waals surface area (Å²) in [4.78, 5) is 12.0. The predicted octanol–water partition coefficient (Wildman–Crippen LogP) is 4.36. The second kappa shape index (κ2) is 5.00. The fourth-order valence-corrected chi connectivity index (χ4v) is 5.36. The first-order valence-electron chi connectivity index (χ1n) is 6.98. The molecule has 0 saturated heterocycles. The molecular weight excluding hydrogens is 298 g/mol. The van der Waals surface area contributed by atoms with Gasteiger partial charge < -0.3 is 5.32 Å². The quantitative estimate of drug-likeness (QED) is 0.724. The molecule has 5 heteroatoms. The highest BCUT2D eigenvalue weighted by molar-refractivity contribution is 7.99. The molecule has 0 atom stereocenters. The van der Waals surface area contributed by atoms with Gasteiger partial charge in [-0.2, -0.15) is 0 Å². The second-order valence-electron chi connectivity index (χ2n) is 5.05. The van der Waals surface area contributed by atoms with Crippen molar-refractivity contribution in [2.75, 3.05) is 18.1 Å². The molecule has 21 heavy (non-hydrogen) atoms. The van der Waals surface area contributed by atoms with Crippen molar-refractivity contribution in [2.24, 2.45) is 0 Å². The molecule has 0 amide bonds. The Labute approximate surface area is 131 Å². The summed E-state index contributed by atoms with van der Waals surface area (Å²) in [6, 6.07) is 8.64. The standard InChI is InChI=1S/C16H15N3S2/c1-9-18-13-11(16(17-2)19-9)7-8-20-14-10-5-3-4-6-12(10)21-15(13)14/h3-6H,7-8H2,1-2H3,(H,17,18,19). The minimum atomic E-state index is 0.827. The molecule has 0 radical (unpaired) electrons. The summed E-state index contributed by atoms with van der Waals surface area (Å²) in [6.45, 7) is 1.96. The van der Waals surface area contributed by atoms with Crippen LogP contribution in [0.1, 0.15) is 11.4 Å². The molecule has 0 bridgehead atoms. The van der Waals surface area contributed by atoms with Gasteiger partial charge >= 0.3 is 0 Å². The molecule has 1 aliphatic heterocycles. The zero-order chi connectivity index (χ0) is 14.4. The zero-order valence-corrected chi connectivity index (χ0v) is 13.6. The van der Waals surface area contributed by atoms with Crippen LogP contribution in [0.2, 0.25) is 0 Å². The van der Waals surface area contributed by atoms with Gasteiger partial charge in [-0.3, -0.25) is 0 Å². The van der Waals surface area contributed by atoms with Crippen molar-refractivity contribution < 1.29 is 0 Å². The van der Waals surface area contributed by atoms with Gasteiger partial charge in [0.1, 0.15) is 11.6 Å². The summed E-state index contributed by atoms with van der Waals surface area (Å²) < 4.78 is 1.34. The first-order chi connectivity index (χ1) is 10.3. The summed E-state index contributed by atoms with van der Waals surface area (Å²) in [6.07, 6.45) is 1.01. The van der Waals surface area contributed by atoms with Crippen LogP contribution >= 0.6 is 23.1 Å². The zero-order valence-electron chi connectivity index (χ0n) is 11.9. The van der Waals surface area contributed by atoms with E-state index in [9.17, 15) is 0 Å². The van der Waals surface area contributed by atoms with E-state index in [4.69, 9.17) is 4.98 Å². The molecule has 1 aliphatic rings. The predicted molar refractivity (Wildman–Crippen MR) is 91.6 cm³/mol. The Morgan fingerprint density at radius 1 is 1.19 bits per heavy atom. The van der Waals surface area contributed by atoms with Crippen molar-refractivity contribution in [1.29, 1.82) is 0 Å². The normalized spacial score (nSPS) is 13.6. The van der Waals surface area contributed by atoms with Crippen molar-refractivity contribution in [2.45, 2.75) is 18.2 Å².